The Morgan fingerprint density at radius 3 is 1.62 bits per heavy atom. The summed E-state index contributed by atoms with van der Waals surface area (Å²) in [6.07, 6.45) is 3.61. The molecule has 5 heteroatoms. The number of benzene rings is 2. The van der Waals surface area contributed by atoms with Gasteiger partial charge < -0.3 is 4.74 Å². The fourth-order valence-corrected chi connectivity index (χ4v) is 6.83. The second-order valence-corrected chi connectivity index (χ2v) is 10.3. The van der Waals surface area contributed by atoms with Crippen LogP contribution in [0.25, 0.3) is 11.1 Å². The molecule has 1 fully saturated rings. The van der Waals surface area contributed by atoms with Gasteiger partial charge in [-0.15, -0.1) is 0 Å². The van der Waals surface area contributed by atoms with Crippen LogP contribution in [0.15, 0.2) is 45.3 Å². The molecule has 4 aliphatic rings. The van der Waals surface area contributed by atoms with Crippen molar-refractivity contribution >= 4 is 54.9 Å². The van der Waals surface area contributed by atoms with Crippen molar-refractivity contribution in [3.8, 4) is 0 Å². The van der Waals surface area contributed by atoms with Gasteiger partial charge in [-0.3, -0.25) is 9.59 Å². The van der Waals surface area contributed by atoms with Crippen LogP contribution in [0.5, 0.6) is 0 Å². The number of cyclic esters (lactones) is 2. The number of aryl methyl sites for hydroxylation is 2. The highest BCUT2D eigenvalue weighted by Gasteiger charge is 2.58. The first-order valence-electron chi connectivity index (χ1n) is 10.1. The summed E-state index contributed by atoms with van der Waals surface area (Å²) in [5.41, 5.74) is 7.64. The lowest BCUT2D eigenvalue weighted by Crippen LogP contribution is -2.41. The fourth-order valence-electron chi connectivity index (χ4n) is 6.11. The van der Waals surface area contributed by atoms with Crippen LogP contribution in [0.2, 0.25) is 0 Å². The molecule has 1 heterocycles. The number of rotatable bonds is 0. The molecule has 3 nitrogen and oxygen atoms in total. The summed E-state index contributed by atoms with van der Waals surface area (Å²) in [5, 5.41) is 0. The van der Waals surface area contributed by atoms with Gasteiger partial charge in [0.15, 0.2) is 0 Å². The summed E-state index contributed by atoms with van der Waals surface area (Å²) < 4.78 is 7.29. The van der Waals surface area contributed by atoms with Gasteiger partial charge in [-0.25, -0.2) is 0 Å². The lowest BCUT2D eigenvalue weighted by molar-refractivity contribution is -0.154. The van der Waals surface area contributed by atoms with E-state index in [-0.39, 0.29) is 35.6 Å². The summed E-state index contributed by atoms with van der Waals surface area (Å²) in [6, 6.07) is 12.9. The van der Waals surface area contributed by atoms with Crippen LogP contribution in [0.3, 0.4) is 0 Å². The van der Waals surface area contributed by atoms with Crippen molar-refractivity contribution in [2.45, 2.75) is 25.7 Å². The monoisotopic (exact) mass is 512 g/mol. The van der Waals surface area contributed by atoms with Gasteiger partial charge in [0.25, 0.3) is 0 Å². The van der Waals surface area contributed by atoms with Crippen LogP contribution in [0.1, 0.15) is 35.1 Å². The van der Waals surface area contributed by atoms with Gasteiger partial charge in [0.1, 0.15) is 0 Å². The van der Waals surface area contributed by atoms with E-state index in [9.17, 15) is 9.59 Å². The minimum absolute atomic E-state index is 0.0388. The highest BCUT2D eigenvalue weighted by molar-refractivity contribution is 9.10. The molecule has 4 unspecified atom stereocenters. The SMILES string of the molecule is O=C1OC(=O)C2C3CCc4ccc(Br)cc4C3=C3c4cc(Br)ccc4CCC3C12. The summed E-state index contributed by atoms with van der Waals surface area (Å²) in [6.45, 7) is 0. The molecule has 6 rings (SSSR count). The minimum Gasteiger partial charge on any atom is -0.393 e. The molecule has 3 aliphatic carbocycles. The molecule has 2 aromatic carbocycles. The molecule has 146 valence electrons. The molecule has 0 radical (unpaired) electrons. The molecule has 0 aromatic heterocycles. The molecule has 29 heavy (non-hydrogen) atoms. The Hall–Kier alpha value is -1.72. The number of ether oxygens (including phenoxy) is 1. The molecule has 0 spiro atoms. The zero-order valence-corrected chi connectivity index (χ0v) is 18.8. The molecular weight excluding hydrogens is 496 g/mol. The molecular formula is C24H18Br2O3. The topological polar surface area (TPSA) is 43.4 Å². The van der Waals surface area contributed by atoms with E-state index in [1.54, 1.807) is 0 Å². The van der Waals surface area contributed by atoms with Crippen molar-refractivity contribution in [3.63, 3.8) is 0 Å². The van der Waals surface area contributed by atoms with E-state index in [1.165, 1.54) is 33.4 Å². The van der Waals surface area contributed by atoms with Crippen molar-refractivity contribution in [3.05, 3.63) is 67.6 Å². The molecule has 0 bridgehead atoms. The summed E-state index contributed by atoms with van der Waals surface area (Å²) in [4.78, 5) is 25.5. The average molecular weight is 514 g/mol. The Morgan fingerprint density at radius 2 is 1.17 bits per heavy atom. The first kappa shape index (κ1) is 18.1. The molecule has 1 aliphatic heterocycles. The van der Waals surface area contributed by atoms with Gasteiger partial charge in [0.2, 0.25) is 0 Å². The number of carbonyl (C=O) groups is 2. The Kier molecular flexibility index (Phi) is 3.98. The Balaban J connectivity index is 1.70. The van der Waals surface area contributed by atoms with Gasteiger partial charge in [0.05, 0.1) is 11.8 Å². The zero-order chi connectivity index (χ0) is 19.9. The van der Waals surface area contributed by atoms with E-state index in [0.29, 0.717) is 0 Å². The van der Waals surface area contributed by atoms with E-state index in [4.69, 9.17) is 4.74 Å². The van der Waals surface area contributed by atoms with Crippen LogP contribution in [-0.2, 0) is 27.2 Å². The molecule has 0 saturated carbocycles. The van der Waals surface area contributed by atoms with Crippen molar-refractivity contribution in [2.24, 2.45) is 23.7 Å². The molecule has 0 N–H and O–H groups in total. The standard InChI is InChI=1S/C24H18Br2O3/c25-13-5-1-11-3-7-15-19(17(11)9-13)20-16(22-21(15)23(27)29-24(22)28)8-4-12-2-6-14(26)10-18(12)20/h1-2,5-6,9-10,15-16,21-22H,3-4,7-8H2. The van der Waals surface area contributed by atoms with Gasteiger partial charge in [-0.1, -0.05) is 44.0 Å². The van der Waals surface area contributed by atoms with Crippen LogP contribution in [0.4, 0.5) is 0 Å². The maximum absolute atomic E-state index is 12.7. The van der Waals surface area contributed by atoms with Crippen molar-refractivity contribution < 1.29 is 14.3 Å². The number of fused-ring (bicyclic) bond motifs is 9. The summed E-state index contributed by atoms with van der Waals surface area (Å²) in [5.74, 6) is -1.24. The normalized spacial score (nSPS) is 29.4. The Bertz CT molecular complexity index is 1050. The fraction of sp³-hybridized carbons (Fsp3) is 0.333. The van der Waals surface area contributed by atoms with Crippen molar-refractivity contribution in [1.82, 2.24) is 0 Å². The smallest absolute Gasteiger partial charge is 0.318 e. The molecule has 0 amide bonds. The summed E-state index contributed by atoms with van der Waals surface area (Å²) >= 11 is 7.28. The minimum atomic E-state index is -0.341. The Morgan fingerprint density at radius 1 is 0.724 bits per heavy atom. The lowest BCUT2D eigenvalue weighted by Gasteiger charge is -2.45. The van der Waals surface area contributed by atoms with Crippen molar-refractivity contribution in [1.29, 1.82) is 0 Å². The van der Waals surface area contributed by atoms with Crippen LogP contribution < -0.4 is 0 Å². The third kappa shape index (κ3) is 2.53. The third-order valence-electron chi connectivity index (χ3n) is 7.20. The second kappa shape index (κ2) is 6.39. The average Bonchev–Trinajstić information content (AvgIpc) is 3.01. The highest BCUT2D eigenvalue weighted by atomic mass is 79.9. The zero-order valence-electron chi connectivity index (χ0n) is 15.6. The number of esters is 2. The number of halogens is 2. The van der Waals surface area contributed by atoms with Crippen LogP contribution in [-0.4, -0.2) is 11.9 Å². The van der Waals surface area contributed by atoms with E-state index >= 15 is 0 Å². The van der Waals surface area contributed by atoms with E-state index in [1.807, 2.05) is 0 Å². The quantitative estimate of drug-likeness (QED) is 0.341. The number of allylic oxidation sites excluding steroid dienone is 2. The second-order valence-electron chi connectivity index (χ2n) is 8.51. The Labute approximate surface area is 185 Å². The van der Waals surface area contributed by atoms with Gasteiger partial charge >= 0.3 is 11.9 Å². The van der Waals surface area contributed by atoms with Gasteiger partial charge in [0, 0.05) is 8.95 Å². The van der Waals surface area contributed by atoms with Crippen LogP contribution in [0, 0.1) is 23.7 Å². The molecule has 2 aromatic rings. The summed E-state index contributed by atoms with van der Waals surface area (Å²) in [7, 11) is 0. The highest BCUT2D eigenvalue weighted by Crippen LogP contribution is 2.59. The van der Waals surface area contributed by atoms with E-state index in [2.05, 4.69) is 68.3 Å². The first-order chi connectivity index (χ1) is 14.0. The van der Waals surface area contributed by atoms with Gasteiger partial charge in [-0.05, 0) is 95.2 Å². The number of hydrogen-bond donors (Lipinski definition) is 0. The maximum atomic E-state index is 12.7. The van der Waals surface area contributed by atoms with Gasteiger partial charge in [-0.2, -0.15) is 0 Å². The van der Waals surface area contributed by atoms with Crippen LogP contribution >= 0.6 is 31.9 Å². The predicted octanol–water partition coefficient (Wildman–Crippen LogP) is 5.58. The largest absolute Gasteiger partial charge is 0.393 e. The predicted molar refractivity (Wildman–Crippen MR) is 117 cm³/mol. The maximum Gasteiger partial charge on any atom is 0.318 e. The van der Waals surface area contributed by atoms with E-state index < -0.39 is 0 Å². The number of hydrogen-bond acceptors (Lipinski definition) is 3. The lowest BCUT2D eigenvalue weighted by atomic mass is 9.56. The third-order valence-corrected chi connectivity index (χ3v) is 8.19. The number of carbonyl (C=O) groups excluding carboxylic acids is 2. The first-order valence-corrected chi connectivity index (χ1v) is 11.7. The van der Waals surface area contributed by atoms with E-state index in [0.717, 1.165) is 34.6 Å². The molecule has 1 saturated heterocycles. The molecule has 4 atom stereocenters. The van der Waals surface area contributed by atoms with Crippen molar-refractivity contribution in [2.75, 3.05) is 0 Å².